The van der Waals surface area contributed by atoms with Gasteiger partial charge in [-0.05, 0) is 38.2 Å². The van der Waals surface area contributed by atoms with Crippen LogP contribution in [-0.4, -0.2) is 31.6 Å². The summed E-state index contributed by atoms with van der Waals surface area (Å²) < 4.78 is 13.0. The zero-order valence-electron chi connectivity index (χ0n) is 10.3. The highest BCUT2D eigenvalue weighted by Crippen LogP contribution is 2.12. The molecule has 0 aliphatic carbocycles. The third-order valence-corrected chi connectivity index (χ3v) is 2.83. The molecular weight excluding hydrogens is 203 g/mol. The lowest BCUT2D eigenvalue weighted by Crippen LogP contribution is -2.30. The Bertz CT molecular complexity index is 315. The second kappa shape index (κ2) is 6.61. The van der Waals surface area contributed by atoms with Crippen LogP contribution in [0.15, 0.2) is 24.3 Å². The minimum absolute atomic E-state index is 0.170. The molecule has 2 nitrogen and oxygen atoms in total. The predicted octanol–water partition coefficient (Wildman–Crippen LogP) is 2.43. The number of nitrogens with one attached hydrogen (secondary N) is 1. The van der Waals surface area contributed by atoms with E-state index in [9.17, 15) is 4.39 Å². The van der Waals surface area contributed by atoms with Crippen molar-refractivity contribution >= 4 is 0 Å². The lowest BCUT2D eigenvalue weighted by molar-refractivity contribution is 0.342. The smallest absolute Gasteiger partial charge is 0.123 e. The second-order valence-corrected chi connectivity index (χ2v) is 4.13. The molecule has 1 aromatic rings. The number of nitrogens with zero attached hydrogens (tertiary/aromatic N) is 1. The Balaban J connectivity index is 2.38. The van der Waals surface area contributed by atoms with Gasteiger partial charge < -0.3 is 10.2 Å². The van der Waals surface area contributed by atoms with E-state index >= 15 is 0 Å². The highest BCUT2D eigenvalue weighted by Gasteiger charge is 2.05. The van der Waals surface area contributed by atoms with E-state index in [-0.39, 0.29) is 11.9 Å². The molecule has 0 heterocycles. The summed E-state index contributed by atoms with van der Waals surface area (Å²) in [6.07, 6.45) is 0. The largest absolute Gasteiger partial charge is 0.309 e. The first-order valence-corrected chi connectivity index (χ1v) is 5.81. The van der Waals surface area contributed by atoms with Crippen LogP contribution >= 0.6 is 0 Å². The number of hydrogen-bond acceptors (Lipinski definition) is 2. The molecular formula is C13H21FN2. The molecule has 0 saturated heterocycles. The first-order valence-electron chi connectivity index (χ1n) is 5.81. The molecule has 90 valence electrons. The van der Waals surface area contributed by atoms with Gasteiger partial charge in [-0.2, -0.15) is 0 Å². The highest BCUT2D eigenvalue weighted by molar-refractivity contribution is 5.19. The molecule has 0 spiro atoms. The second-order valence-electron chi connectivity index (χ2n) is 4.13. The molecule has 0 saturated carbocycles. The van der Waals surface area contributed by atoms with Crippen molar-refractivity contribution in [1.82, 2.24) is 10.2 Å². The van der Waals surface area contributed by atoms with Gasteiger partial charge in [0.15, 0.2) is 0 Å². The fourth-order valence-electron chi connectivity index (χ4n) is 1.52. The Labute approximate surface area is 97.5 Å². The van der Waals surface area contributed by atoms with E-state index in [1.54, 1.807) is 12.1 Å². The van der Waals surface area contributed by atoms with Crippen LogP contribution in [0.4, 0.5) is 4.39 Å². The van der Waals surface area contributed by atoms with Crippen LogP contribution in [0.3, 0.4) is 0 Å². The van der Waals surface area contributed by atoms with Gasteiger partial charge in [-0.25, -0.2) is 4.39 Å². The van der Waals surface area contributed by atoms with Crippen molar-refractivity contribution < 1.29 is 4.39 Å². The van der Waals surface area contributed by atoms with Crippen molar-refractivity contribution in [3.05, 3.63) is 35.6 Å². The molecule has 1 atom stereocenters. The Morgan fingerprint density at radius 2 is 2.19 bits per heavy atom. The van der Waals surface area contributed by atoms with Gasteiger partial charge in [0.25, 0.3) is 0 Å². The molecule has 0 amide bonds. The molecule has 0 aliphatic rings. The summed E-state index contributed by atoms with van der Waals surface area (Å²) in [6, 6.07) is 6.95. The Morgan fingerprint density at radius 3 is 2.81 bits per heavy atom. The molecule has 0 aliphatic heterocycles. The molecule has 0 fully saturated rings. The van der Waals surface area contributed by atoms with Gasteiger partial charge in [-0.1, -0.05) is 19.1 Å². The summed E-state index contributed by atoms with van der Waals surface area (Å²) >= 11 is 0. The van der Waals surface area contributed by atoms with Crippen LogP contribution < -0.4 is 5.32 Å². The summed E-state index contributed by atoms with van der Waals surface area (Å²) in [4.78, 5) is 2.24. The van der Waals surface area contributed by atoms with E-state index in [0.29, 0.717) is 0 Å². The van der Waals surface area contributed by atoms with Crippen molar-refractivity contribution in [2.75, 3.05) is 26.7 Å². The van der Waals surface area contributed by atoms with E-state index in [1.165, 1.54) is 6.07 Å². The number of halogens is 1. The molecule has 1 aromatic carbocycles. The maximum Gasteiger partial charge on any atom is 0.123 e. The number of rotatable bonds is 6. The van der Waals surface area contributed by atoms with Gasteiger partial charge in [0, 0.05) is 19.1 Å². The Kier molecular flexibility index (Phi) is 5.43. The molecule has 0 radical (unpaired) electrons. The van der Waals surface area contributed by atoms with Crippen LogP contribution in [0.2, 0.25) is 0 Å². The van der Waals surface area contributed by atoms with Crippen molar-refractivity contribution in [2.24, 2.45) is 0 Å². The van der Waals surface area contributed by atoms with E-state index < -0.39 is 0 Å². The first-order chi connectivity index (χ1) is 7.63. The third kappa shape index (κ3) is 4.29. The van der Waals surface area contributed by atoms with Crippen molar-refractivity contribution in [3.8, 4) is 0 Å². The third-order valence-electron chi connectivity index (χ3n) is 2.83. The molecule has 1 unspecified atom stereocenters. The fourth-order valence-corrected chi connectivity index (χ4v) is 1.52. The summed E-state index contributed by atoms with van der Waals surface area (Å²) in [5.74, 6) is -0.170. The first kappa shape index (κ1) is 13.1. The number of benzene rings is 1. The quantitative estimate of drug-likeness (QED) is 0.798. The minimum Gasteiger partial charge on any atom is -0.309 e. The maximum absolute atomic E-state index is 13.0. The van der Waals surface area contributed by atoms with Crippen molar-refractivity contribution in [1.29, 1.82) is 0 Å². The van der Waals surface area contributed by atoms with E-state index in [4.69, 9.17) is 0 Å². The molecule has 16 heavy (non-hydrogen) atoms. The van der Waals surface area contributed by atoms with Crippen LogP contribution in [-0.2, 0) is 0 Å². The van der Waals surface area contributed by atoms with Gasteiger partial charge in [0.1, 0.15) is 5.82 Å². The lowest BCUT2D eigenvalue weighted by Gasteiger charge is -2.18. The van der Waals surface area contributed by atoms with Gasteiger partial charge in [0.2, 0.25) is 0 Å². The number of likely N-dealkylation sites (N-methyl/N-ethyl adjacent to an activating group) is 1. The zero-order valence-corrected chi connectivity index (χ0v) is 10.3. The predicted molar refractivity (Wildman–Crippen MR) is 66.0 cm³/mol. The van der Waals surface area contributed by atoms with Crippen molar-refractivity contribution in [2.45, 2.75) is 19.9 Å². The van der Waals surface area contributed by atoms with Crippen LogP contribution in [0, 0.1) is 5.82 Å². The van der Waals surface area contributed by atoms with E-state index in [2.05, 4.69) is 31.1 Å². The topological polar surface area (TPSA) is 15.3 Å². The average molecular weight is 224 g/mol. The lowest BCUT2D eigenvalue weighted by atomic mass is 10.1. The molecule has 1 rings (SSSR count). The summed E-state index contributed by atoms with van der Waals surface area (Å²) in [7, 11) is 2.09. The summed E-state index contributed by atoms with van der Waals surface area (Å²) in [5.41, 5.74) is 0.999. The number of hydrogen-bond donors (Lipinski definition) is 1. The highest BCUT2D eigenvalue weighted by atomic mass is 19.1. The normalized spacial score (nSPS) is 13.1. The Hall–Kier alpha value is -0.930. The van der Waals surface area contributed by atoms with Gasteiger partial charge in [-0.3, -0.25) is 0 Å². The fraction of sp³-hybridized carbons (Fsp3) is 0.538. The Morgan fingerprint density at radius 1 is 1.44 bits per heavy atom. The van der Waals surface area contributed by atoms with Gasteiger partial charge in [0.05, 0.1) is 0 Å². The van der Waals surface area contributed by atoms with Crippen molar-refractivity contribution in [3.63, 3.8) is 0 Å². The van der Waals surface area contributed by atoms with E-state index in [1.807, 2.05) is 6.07 Å². The van der Waals surface area contributed by atoms with Crippen LogP contribution in [0.1, 0.15) is 25.5 Å². The van der Waals surface area contributed by atoms with Gasteiger partial charge >= 0.3 is 0 Å². The average Bonchev–Trinajstić information content (AvgIpc) is 2.28. The maximum atomic E-state index is 13.0. The van der Waals surface area contributed by atoms with Gasteiger partial charge in [-0.15, -0.1) is 0 Å². The van der Waals surface area contributed by atoms with E-state index in [0.717, 1.165) is 25.2 Å². The molecule has 0 bridgehead atoms. The molecule has 0 aromatic heterocycles. The standard InChI is InChI=1S/C13H21FN2/c1-4-16(3)9-8-15-11(2)12-6-5-7-13(14)10-12/h5-7,10-11,15H,4,8-9H2,1-3H3. The molecule has 1 N–H and O–H groups in total. The summed E-state index contributed by atoms with van der Waals surface area (Å²) in [5, 5.41) is 3.38. The monoisotopic (exact) mass is 224 g/mol. The van der Waals surface area contributed by atoms with Crippen LogP contribution in [0.5, 0.6) is 0 Å². The van der Waals surface area contributed by atoms with Crippen LogP contribution in [0.25, 0.3) is 0 Å². The zero-order chi connectivity index (χ0) is 12.0. The summed E-state index contributed by atoms with van der Waals surface area (Å²) in [6.45, 7) is 7.17. The molecule has 3 heteroatoms. The minimum atomic E-state index is -0.170. The SMILES string of the molecule is CCN(C)CCNC(C)c1cccc(F)c1.